The second-order valence-electron chi connectivity index (χ2n) is 5.36. The van der Waals surface area contributed by atoms with Crippen molar-refractivity contribution in [2.75, 3.05) is 11.9 Å². The van der Waals surface area contributed by atoms with Crippen molar-refractivity contribution in [1.29, 1.82) is 0 Å². The topological polar surface area (TPSA) is 23.5 Å². The molecule has 17 heavy (non-hydrogen) atoms. The number of hydrogen-bond acceptors (Lipinski definition) is 2. The quantitative estimate of drug-likeness (QED) is 0.848. The van der Waals surface area contributed by atoms with Crippen molar-refractivity contribution in [3.8, 4) is 0 Å². The molecule has 0 heterocycles. The van der Waals surface area contributed by atoms with Crippen LogP contribution in [-0.2, 0) is 0 Å². The fourth-order valence-corrected chi connectivity index (χ4v) is 2.84. The molecule has 1 aliphatic rings. The molecule has 0 unspecified atom stereocenters. The summed E-state index contributed by atoms with van der Waals surface area (Å²) in [7, 11) is 2.18. The van der Waals surface area contributed by atoms with Crippen LogP contribution in [0.15, 0.2) is 18.2 Å². The van der Waals surface area contributed by atoms with E-state index in [1.807, 2.05) is 0 Å². The minimum Gasteiger partial charge on any atom is -0.393 e. The Morgan fingerprint density at radius 2 is 1.76 bits per heavy atom. The average Bonchev–Trinajstić information content (AvgIpc) is 2.29. The lowest BCUT2D eigenvalue weighted by Crippen LogP contribution is -2.36. The third kappa shape index (κ3) is 2.81. The van der Waals surface area contributed by atoms with E-state index in [1.165, 1.54) is 16.8 Å². The minimum absolute atomic E-state index is 0.0706. The molecule has 2 rings (SSSR count). The van der Waals surface area contributed by atoms with Gasteiger partial charge in [0, 0.05) is 18.8 Å². The summed E-state index contributed by atoms with van der Waals surface area (Å²) < 4.78 is 0. The number of hydrogen-bond donors (Lipinski definition) is 1. The molecule has 1 saturated carbocycles. The third-order valence-electron chi connectivity index (χ3n) is 3.95. The van der Waals surface area contributed by atoms with Gasteiger partial charge in [0.05, 0.1) is 6.10 Å². The Bertz CT molecular complexity index is 381. The number of rotatable bonds is 2. The predicted octanol–water partition coefficient (Wildman–Crippen LogP) is 3.04. The van der Waals surface area contributed by atoms with Crippen molar-refractivity contribution in [2.24, 2.45) is 0 Å². The fourth-order valence-electron chi connectivity index (χ4n) is 2.84. The molecule has 0 aliphatic heterocycles. The van der Waals surface area contributed by atoms with Crippen LogP contribution in [0.4, 0.5) is 5.69 Å². The van der Waals surface area contributed by atoms with Gasteiger partial charge in [-0.3, -0.25) is 0 Å². The Morgan fingerprint density at radius 1 is 1.12 bits per heavy atom. The first-order valence-electron chi connectivity index (χ1n) is 6.56. The van der Waals surface area contributed by atoms with Gasteiger partial charge in [0.2, 0.25) is 0 Å². The zero-order valence-corrected chi connectivity index (χ0v) is 11.1. The van der Waals surface area contributed by atoms with Crippen LogP contribution in [0.3, 0.4) is 0 Å². The molecule has 0 bridgehead atoms. The van der Waals surface area contributed by atoms with Gasteiger partial charge in [-0.2, -0.15) is 0 Å². The molecule has 1 aromatic rings. The Morgan fingerprint density at radius 3 is 2.35 bits per heavy atom. The van der Waals surface area contributed by atoms with Crippen LogP contribution < -0.4 is 4.90 Å². The van der Waals surface area contributed by atoms with Gasteiger partial charge in [-0.15, -0.1) is 0 Å². The number of benzene rings is 1. The maximum atomic E-state index is 9.55. The van der Waals surface area contributed by atoms with Gasteiger partial charge in [-0.1, -0.05) is 17.7 Å². The molecule has 0 spiro atoms. The van der Waals surface area contributed by atoms with Crippen molar-refractivity contribution in [3.05, 3.63) is 29.3 Å². The zero-order valence-electron chi connectivity index (χ0n) is 11.1. The van der Waals surface area contributed by atoms with Crippen LogP contribution in [0.5, 0.6) is 0 Å². The Labute approximate surface area is 104 Å². The second kappa shape index (κ2) is 5.09. The molecule has 2 nitrogen and oxygen atoms in total. The first-order valence-corrected chi connectivity index (χ1v) is 6.56. The molecule has 0 radical (unpaired) electrons. The lowest BCUT2D eigenvalue weighted by molar-refractivity contribution is 0.122. The van der Waals surface area contributed by atoms with Gasteiger partial charge in [0.1, 0.15) is 0 Å². The molecular weight excluding hydrogens is 210 g/mol. The summed E-state index contributed by atoms with van der Waals surface area (Å²) in [5, 5.41) is 9.55. The van der Waals surface area contributed by atoms with Crippen LogP contribution in [0.2, 0.25) is 0 Å². The summed E-state index contributed by atoms with van der Waals surface area (Å²) in [5.41, 5.74) is 3.99. The Kier molecular flexibility index (Phi) is 3.72. The van der Waals surface area contributed by atoms with Crippen molar-refractivity contribution in [2.45, 2.75) is 51.7 Å². The number of aryl methyl sites for hydroxylation is 2. The van der Waals surface area contributed by atoms with Gasteiger partial charge in [-0.25, -0.2) is 0 Å². The monoisotopic (exact) mass is 233 g/mol. The van der Waals surface area contributed by atoms with Crippen LogP contribution >= 0.6 is 0 Å². The summed E-state index contributed by atoms with van der Waals surface area (Å²) in [6.45, 7) is 4.31. The normalized spacial score (nSPS) is 24.7. The molecular formula is C15H23NO. The maximum absolute atomic E-state index is 9.55. The molecule has 1 aliphatic carbocycles. The van der Waals surface area contributed by atoms with E-state index < -0.39 is 0 Å². The zero-order chi connectivity index (χ0) is 12.4. The lowest BCUT2D eigenvalue weighted by Gasteiger charge is -2.35. The van der Waals surface area contributed by atoms with Gasteiger partial charge >= 0.3 is 0 Å². The molecule has 1 aromatic carbocycles. The average molecular weight is 233 g/mol. The van der Waals surface area contributed by atoms with E-state index in [-0.39, 0.29) is 6.10 Å². The minimum atomic E-state index is -0.0706. The molecule has 0 amide bonds. The number of nitrogens with zero attached hydrogens (tertiary/aromatic N) is 1. The summed E-state index contributed by atoms with van der Waals surface area (Å²) in [4.78, 5) is 2.39. The van der Waals surface area contributed by atoms with E-state index in [4.69, 9.17) is 0 Å². The first-order chi connectivity index (χ1) is 8.08. The van der Waals surface area contributed by atoms with Crippen LogP contribution in [-0.4, -0.2) is 24.3 Å². The van der Waals surface area contributed by atoms with Crippen LogP contribution in [0.1, 0.15) is 36.8 Å². The molecule has 0 saturated heterocycles. The number of anilines is 1. The van der Waals surface area contributed by atoms with Crippen LogP contribution in [0.25, 0.3) is 0 Å². The highest BCUT2D eigenvalue weighted by molar-refractivity contribution is 5.54. The highest BCUT2D eigenvalue weighted by atomic mass is 16.3. The summed E-state index contributed by atoms with van der Waals surface area (Å²) in [6, 6.07) is 7.22. The standard InChI is InChI=1S/C15H23NO/c1-11-4-9-15(12(2)10-11)16(3)13-5-7-14(17)8-6-13/h4,9-10,13-14,17H,5-8H2,1-3H3. The highest BCUT2D eigenvalue weighted by Gasteiger charge is 2.23. The van der Waals surface area contributed by atoms with E-state index in [0.717, 1.165) is 25.7 Å². The van der Waals surface area contributed by atoms with Gasteiger partial charge < -0.3 is 10.0 Å². The van der Waals surface area contributed by atoms with Crippen LogP contribution in [0, 0.1) is 13.8 Å². The largest absolute Gasteiger partial charge is 0.393 e. The molecule has 94 valence electrons. The molecule has 0 aromatic heterocycles. The summed E-state index contributed by atoms with van der Waals surface area (Å²) in [5.74, 6) is 0. The van der Waals surface area contributed by atoms with Crippen molar-refractivity contribution in [3.63, 3.8) is 0 Å². The summed E-state index contributed by atoms with van der Waals surface area (Å²) >= 11 is 0. The third-order valence-corrected chi connectivity index (χ3v) is 3.95. The van der Waals surface area contributed by atoms with Gasteiger partial charge in [0.25, 0.3) is 0 Å². The van der Waals surface area contributed by atoms with E-state index in [1.54, 1.807) is 0 Å². The number of aliphatic hydroxyl groups excluding tert-OH is 1. The fraction of sp³-hybridized carbons (Fsp3) is 0.600. The SMILES string of the molecule is Cc1ccc(N(C)C2CCC(O)CC2)c(C)c1. The smallest absolute Gasteiger partial charge is 0.0541 e. The van der Waals surface area contributed by atoms with Crippen molar-refractivity contribution in [1.82, 2.24) is 0 Å². The van der Waals surface area contributed by atoms with E-state index in [0.29, 0.717) is 6.04 Å². The molecule has 1 fully saturated rings. The lowest BCUT2D eigenvalue weighted by atomic mass is 9.91. The number of aliphatic hydroxyl groups is 1. The molecule has 0 atom stereocenters. The maximum Gasteiger partial charge on any atom is 0.0541 e. The van der Waals surface area contributed by atoms with E-state index in [2.05, 4.69) is 44.0 Å². The van der Waals surface area contributed by atoms with E-state index >= 15 is 0 Å². The predicted molar refractivity (Wildman–Crippen MR) is 72.6 cm³/mol. The van der Waals surface area contributed by atoms with E-state index in [9.17, 15) is 5.11 Å². The van der Waals surface area contributed by atoms with Gasteiger partial charge in [-0.05, 0) is 51.2 Å². The Balaban J connectivity index is 2.11. The molecule has 2 heteroatoms. The Hall–Kier alpha value is -1.02. The summed E-state index contributed by atoms with van der Waals surface area (Å²) in [6.07, 6.45) is 4.02. The van der Waals surface area contributed by atoms with Crippen molar-refractivity contribution < 1.29 is 5.11 Å². The first kappa shape index (κ1) is 12.4. The highest BCUT2D eigenvalue weighted by Crippen LogP contribution is 2.28. The molecule has 1 N–H and O–H groups in total. The second-order valence-corrected chi connectivity index (χ2v) is 5.36. The van der Waals surface area contributed by atoms with Crippen molar-refractivity contribution >= 4 is 5.69 Å². The van der Waals surface area contributed by atoms with Gasteiger partial charge in [0.15, 0.2) is 0 Å².